The van der Waals surface area contributed by atoms with Crippen molar-refractivity contribution >= 4 is 17.6 Å². The van der Waals surface area contributed by atoms with Crippen LogP contribution in [0.15, 0.2) is 6.07 Å². The Morgan fingerprint density at radius 2 is 2.23 bits per heavy atom. The van der Waals surface area contributed by atoms with Gasteiger partial charge in [0.1, 0.15) is 23.3 Å². The Bertz CT molecular complexity index is 730. The summed E-state index contributed by atoms with van der Waals surface area (Å²) in [6, 6.07) is 2.53. The minimum Gasteiger partial charge on any atom is -0.481 e. The zero-order valence-electron chi connectivity index (χ0n) is 14.8. The van der Waals surface area contributed by atoms with Gasteiger partial charge >= 0.3 is 12.1 Å². The minimum absolute atomic E-state index is 0.0159. The number of aromatic nitrogens is 1. The average Bonchev–Trinajstić information content (AvgIpc) is 2.50. The lowest BCUT2D eigenvalue weighted by Gasteiger charge is -2.41. The van der Waals surface area contributed by atoms with Crippen LogP contribution in [-0.2, 0) is 11.0 Å². The van der Waals surface area contributed by atoms with Gasteiger partial charge < -0.3 is 14.9 Å². The fourth-order valence-corrected chi connectivity index (χ4v) is 3.01. The number of anilines is 2. The molecule has 0 aliphatic carbocycles. The van der Waals surface area contributed by atoms with Crippen LogP contribution in [0, 0.1) is 17.2 Å². The number of nitriles is 1. The lowest BCUT2D eigenvalue weighted by molar-refractivity contribution is -0.138. The predicted octanol–water partition coefficient (Wildman–Crippen LogP) is 3.12. The summed E-state index contributed by atoms with van der Waals surface area (Å²) < 4.78 is 40.4. The third kappa shape index (κ3) is 4.18. The number of aliphatic carboxylic acids is 1. The van der Waals surface area contributed by atoms with Gasteiger partial charge in [0, 0.05) is 32.6 Å². The van der Waals surface area contributed by atoms with Crippen molar-refractivity contribution in [1.29, 1.82) is 5.26 Å². The van der Waals surface area contributed by atoms with Gasteiger partial charge in [-0.25, -0.2) is 4.98 Å². The quantitative estimate of drug-likeness (QED) is 0.829. The average molecular weight is 370 g/mol. The summed E-state index contributed by atoms with van der Waals surface area (Å²) >= 11 is 0. The van der Waals surface area contributed by atoms with E-state index in [0.29, 0.717) is 6.54 Å². The topological polar surface area (TPSA) is 80.5 Å². The van der Waals surface area contributed by atoms with Crippen LogP contribution in [0.2, 0.25) is 0 Å². The van der Waals surface area contributed by atoms with Crippen molar-refractivity contribution in [2.24, 2.45) is 5.92 Å². The molecule has 0 saturated carbocycles. The second-order valence-corrected chi connectivity index (χ2v) is 6.75. The van der Waals surface area contributed by atoms with Crippen molar-refractivity contribution in [1.82, 2.24) is 4.98 Å². The summed E-state index contributed by atoms with van der Waals surface area (Å²) in [5, 5.41) is 18.1. The van der Waals surface area contributed by atoms with Gasteiger partial charge in [-0.15, -0.1) is 0 Å². The monoisotopic (exact) mass is 370 g/mol. The number of carboxylic acid groups (broad SMARTS) is 1. The fourth-order valence-electron chi connectivity index (χ4n) is 3.01. The maximum atomic E-state index is 13.5. The number of carbonyl (C=O) groups is 1. The summed E-state index contributed by atoms with van der Waals surface area (Å²) in [7, 11) is 1.57. The Morgan fingerprint density at radius 3 is 2.65 bits per heavy atom. The van der Waals surface area contributed by atoms with Gasteiger partial charge in [0.05, 0.1) is 5.56 Å². The molecule has 0 amide bonds. The minimum atomic E-state index is -4.68. The zero-order valence-corrected chi connectivity index (χ0v) is 14.8. The Labute approximate surface area is 149 Å². The summed E-state index contributed by atoms with van der Waals surface area (Å²) in [5.41, 5.74) is -1.49. The van der Waals surface area contributed by atoms with Crippen molar-refractivity contribution in [2.45, 2.75) is 38.9 Å². The molecule has 9 heteroatoms. The van der Waals surface area contributed by atoms with Gasteiger partial charge in [0.15, 0.2) is 0 Å². The van der Waals surface area contributed by atoms with Crippen molar-refractivity contribution in [3.05, 3.63) is 17.2 Å². The summed E-state index contributed by atoms with van der Waals surface area (Å²) in [6.07, 6.45) is -3.95. The molecule has 2 unspecified atom stereocenters. The molecule has 1 aromatic rings. The number of rotatable bonds is 6. The van der Waals surface area contributed by atoms with Crippen LogP contribution < -0.4 is 9.80 Å². The molecule has 1 N–H and O–H groups in total. The SMILES string of the molecule is CC(CC(=O)O)CN(C)c1cc(C(F)(F)F)c(C#N)c(N2CCC2C)n1. The number of alkyl halides is 3. The number of pyridine rings is 1. The maximum Gasteiger partial charge on any atom is 0.417 e. The molecule has 2 atom stereocenters. The van der Waals surface area contributed by atoms with Gasteiger partial charge in [0.25, 0.3) is 0 Å². The van der Waals surface area contributed by atoms with E-state index in [-0.39, 0.29) is 36.6 Å². The standard InChI is InChI=1S/C17H21F3N4O2/c1-10(6-15(25)26)9-23(3)14-7-13(17(18,19)20)12(8-21)16(22-14)24-5-4-11(24)2/h7,10-11H,4-6,9H2,1-3H3,(H,25,26). The van der Waals surface area contributed by atoms with Gasteiger partial charge in [0.2, 0.25) is 0 Å². The number of carboxylic acids is 1. The molecule has 2 heterocycles. The number of hydrogen-bond donors (Lipinski definition) is 1. The van der Waals surface area contributed by atoms with Crippen molar-refractivity contribution in [3.63, 3.8) is 0 Å². The highest BCUT2D eigenvalue weighted by molar-refractivity contribution is 5.67. The molecule has 26 heavy (non-hydrogen) atoms. The smallest absolute Gasteiger partial charge is 0.417 e. The van der Waals surface area contributed by atoms with Crippen molar-refractivity contribution in [2.75, 3.05) is 29.9 Å². The van der Waals surface area contributed by atoms with Gasteiger partial charge in [-0.3, -0.25) is 4.79 Å². The molecule has 0 spiro atoms. The molecule has 1 aliphatic rings. The zero-order chi connectivity index (χ0) is 19.6. The highest BCUT2D eigenvalue weighted by Gasteiger charge is 2.39. The van der Waals surface area contributed by atoms with E-state index in [0.717, 1.165) is 12.5 Å². The first-order valence-corrected chi connectivity index (χ1v) is 8.26. The van der Waals surface area contributed by atoms with Crippen LogP contribution >= 0.6 is 0 Å². The molecule has 1 fully saturated rings. The molecule has 142 valence electrons. The molecule has 1 aromatic heterocycles. The van der Waals surface area contributed by atoms with Crippen LogP contribution in [0.25, 0.3) is 0 Å². The first kappa shape index (κ1) is 19.8. The lowest BCUT2D eigenvalue weighted by atomic mass is 10.0. The molecule has 6 nitrogen and oxygen atoms in total. The van der Waals surface area contributed by atoms with Crippen molar-refractivity contribution < 1.29 is 23.1 Å². The Balaban J connectivity index is 2.45. The van der Waals surface area contributed by atoms with Crippen LogP contribution in [-0.4, -0.2) is 42.2 Å². The number of nitrogens with zero attached hydrogens (tertiary/aromatic N) is 4. The molecule has 2 rings (SSSR count). The highest BCUT2D eigenvalue weighted by Crippen LogP contribution is 2.39. The summed E-state index contributed by atoms with van der Waals surface area (Å²) in [5.74, 6) is -1.13. The lowest BCUT2D eigenvalue weighted by Crippen LogP contribution is -2.47. The fraction of sp³-hybridized carbons (Fsp3) is 0.588. The molecular weight excluding hydrogens is 349 g/mol. The van der Waals surface area contributed by atoms with Gasteiger partial charge in [-0.2, -0.15) is 18.4 Å². The molecule has 0 radical (unpaired) electrons. The summed E-state index contributed by atoms with van der Waals surface area (Å²) in [6.45, 7) is 4.35. The van der Waals surface area contributed by atoms with E-state index in [1.165, 1.54) is 4.90 Å². The third-order valence-corrected chi connectivity index (χ3v) is 4.50. The Hall–Kier alpha value is -2.50. The molecular formula is C17H21F3N4O2. The number of halogens is 3. The molecule has 0 bridgehead atoms. The van der Waals surface area contributed by atoms with E-state index in [1.54, 1.807) is 24.9 Å². The Morgan fingerprint density at radius 1 is 1.58 bits per heavy atom. The van der Waals surface area contributed by atoms with E-state index in [1.807, 2.05) is 6.92 Å². The largest absolute Gasteiger partial charge is 0.481 e. The van der Waals surface area contributed by atoms with E-state index in [4.69, 9.17) is 5.11 Å². The predicted molar refractivity (Wildman–Crippen MR) is 90.1 cm³/mol. The first-order valence-electron chi connectivity index (χ1n) is 8.26. The molecule has 1 aliphatic heterocycles. The van der Waals surface area contributed by atoms with Crippen LogP contribution in [0.3, 0.4) is 0 Å². The van der Waals surface area contributed by atoms with Gasteiger partial charge in [-0.05, 0) is 25.3 Å². The molecule has 1 saturated heterocycles. The first-order chi connectivity index (χ1) is 12.0. The van der Waals surface area contributed by atoms with Gasteiger partial charge in [-0.1, -0.05) is 6.92 Å². The van der Waals surface area contributed by atoms with Crippen LogP contribution in [0.4, 0.5) is 24.8 Å². The second-order valence-electron chi connectivity index (χ2n) is 6.75. The highest BCUT2D eigenvalue weighted by atomic mass is 19.4. The van der Waals surface area contributed by atoms with E-state index in [2.05, 4.69) is 4.98 Å². The van der Waals surface area contributed by atoms with Crippen LogP contribution in [0.1, 0.15) is 37.8 Å². The van der Waals surface area contributed by atoms with E-state index < -0.39 is 23.3 Å². The third-order valence-electron chi connectivity index (χ3n) is 4.50. The number of hydrogen-bond acceptors (Lipinski definition) is 5. The summed E-state index contributed by atoms with van der Waals surface area (Å²) in [4.78, 5) is 18.3. The maximum absolute atomic E-state index is 13.5. The van der Waals surface area contributed by atoms with Crippen molar-refractivity contribution in [3.8, 4) is 6.07 Å². The van der Waals surface area contributed by atoms with E-state index in [9.17, 15) is 23.2 Å². The molecule has 0 aromatic carbocycles. The van der Waals surface area contributed by atoms with Crippen LogP contribution in [0.5, 0.6) is 0 Å². The second kappa shape index (κ2) is 7.40. The Kier molecular flexibility index (Phi) is 5.64. The van der Waals surface area contributed by atoms with E-state index >= 15 is 0 Å². The normalized spacial score (nSPS) is 18.0.